The predicted molar refractivity (Wildman–Crippen MR) is 26.5 cm³/mol. The summed E-state index contributed by atoms with van der Waals surface area (Å²) in [5.41, 5.74) is 0. The third-order valence-corrected chi connectivity index (χ3v) is 0. The third kappa shape index (κ3) is 1030. The minimum absolute atomic E-state index is 0. The van der Waals surface area contributed by atoms with E-state index in [0.29, 0.717) is 0 Å². The molecule has 0 aliphatic rings. The van der Waals surface area contributed by atoms with Crippen molar-refractivity contribution < 1.29 is 56.8 Å². The van der Waals surface area contributed by atoms with E-state index in [0.717, 1.165) is 0 Å². The average Bonchev–Trinajstić information content (AvgIpc) is 1.50. The van der Waals surface area contributed by atoms with Crippen molar-refractivity contribution in [3.05, 3.63) is 30.6 Å². The molecule has 0 saturated heterocycles. The molecule has 89 valence electrons. The molecule has 2 N–H and O–H groups in total. The van der Waals surface area contributed by atoms with Crippen molar-refractivity contribution >= 4 is 0 Å². The summed E-state index contributed by atoms with van der Waals surface area (Å²) in [5, 5.41) is 29.5. The van der Waals surface area contributed by atoms with Crippen molar-refractivity contribution in [3.63, 3.8) is 0 Å². The Morgan fingerprint density at radius 2 is 0.857 bits per heavy atom. The minimum atomic E-state index is -5.25. The molecule has 0 atom stereocenters. The van der Waals surface area contributed by atoms with Gasteiger partial charge >= 0.3 is 46.6 Å². The van der Waals surface area contributed by atoms with Crippen molar-refractivity contribution in [3.8, 4) is 0 Å². The second kappa shape index (κ2) is 12.0. The van der Waals surface area contributed by atoms with Crippen LogP contribution in [0, 0.1) is 30.6 Å². The first-order chi connectivity index (χ1) is 5.46. The Balaban J connectivity index is -0.0000000522. The monoisotopic (exact) mass is 305 g/mol. The van der Waals surface area contributed by atoms with E-state index in [-0.39, 0.29) is 17.1 Å². The molecule has 0 spiro atoms. The van der Waals surface area contributed by atoms with Crippen LogP contribution in [0.3, 0.4) is 0 Å². The fraction of sp³-hybridized carbons (Fsp3) is 0. The Labute approximate surface area is 87.8 Å². The molecular weight excluding hydrogens is 304 g/mol. The van der Waals surface area contributed by atoms with Gasteiger partial charge in [0, 0.05) is 0 Å². The fourth-order valence-corrected chi connectivity index (χ4v) is 0. The van der Waals surface area contributed by atoms with Gasteiger partial charge in [-0.3, -0.25) is 0 Å². The van der Waals surface area contributed by atoms with Gasteiger partial charge in [-0.25, -0.2) is 0 Å². The second-order valence-electron chi connectivity index (χ2n) is 0.895. The molecule has 14 heavy (non-hydrogen) atoms. The van der Waals surface area contributed by atoms with E-state index in [4.69, 9.17) is 46.6 Å². The standard InChI is InChI=1S/Cr.Cu.2NO3.2H2O.2O/c;;2*2-1(3)4;;;;/h;;;;2*1H2;;/q2*+2;2*-1;;;;/p-2. The van der Waals surface area contributed by atoms with Crippen molar-refractivity contribution in [2.75, 3.05) is 0 Å². The van der Waals surface area contributed by atoms with Crippen LogP contribution in [0.5, 0.6) is 0 Å². The second-order valence-corrected chi connectivity index (χ2v) is 2.29. The Morgan fingerprint density at radius 3 is 0.857 bits per heavy atom. The van der Waals surface area contributed by atoms with E-state index in [1.54, 1.807) is 0 Å². The molecule has 0 heterocycles. The summed E-state index contributed by atoms with van der Waals surface area (Å²) < 4.78 is 31.9. The van der Waals surface area contributed by atoms with Crippen LogP contribution >= 0.6 is 0 Å². The van der Waals surface area contributed by atoms with Crippen LogP contribution < -0.4 is 0 Å². The normalized spacial score (nSPS) is 7.57. The number of rotatable bonds is 0. The van der Waals surface area contributed by atoms with Gasteiger partial charge in [0.15, 0.2) is 0 Å². The van der Waals surface area contributed by atoms with Gasteiger partial charge in [-0.05, 0) is 0 Å². The van der Waals surface area contributed by atoms with E-state index in [2.05, 4.69) is 0 Å². The number of hydrogen-bond acceptors (Lipinski definition) is 8. The Morgan fingerprint density at radius 1 is 0.857 bits per heavy atom. The zero-order valence-electron chi connectivity index (χ0n) is 5.76. The molecule has 0 unspecified atom stereocenters. The molecule has 1 radical (unpaired) electrons. The quantitative estimate of drug-likeness (QED) is 0.290. The summed E-state index contributed by atoms with van der Waals surface area (Å²) in [6, 6.07) is 0. The van der Waals surface area contributed by atoms with Crippen molar-refractivity contribution in [1.82, 2.24) is 0 Å². The van der Waals surface area contributed by atoms with Gasteiger partial charge in [0.1, 0.15) is 0 Å². The molecule has 14 heteroatoms. The summed E-state index contributed by atoms with van der Waals surface area (Å²) in [7, 11) is 0. The number of nitrogens with zero attached hydrogens (tertiary/aromatic N) is 2. The summed E-state index contributed by atoms with van der Waals surface area (Å²) >= 11 is -5.25. The van der Waals surface area contributed by atoms with Crippen LogP contribution in [0.25, 0.3) is 0 Å². The van der Waals surface area contributed by atoms with Crippen molar-refractivity contribution in [1.29, 1.82) is 0 Å². The van der Waals surface area contributed by atoms with Gasteiger partial charge in [0.2, 0.25) is 0 Å². The predicted octanol–water partition coefficient (Wildman–Crippen LogP) is -1.83. The summed E-state index contributed by atoms with van der Waals surface area (Å²) in [6.45, 7) is 0. The summed E-state index contributed by atoms with van der Waals surface area (Å²) in [4.78, 5) is 16.5. The van der Waals surface area contributed by atoms with Gasteiger partial charge in [-0.15, -0.1) is 0 Å². The molecule has 0 bridgehead atoms. The van der Waals surface area contributed by atoms with Gasteiger partial charge < -0.3 is 30.6 Å². The Kier molecular flexibility index (Phi) is 19.8. The zero-order valence-corrected chi connectivity index (χ0v) is 7.98. The van der Waals surface area contributed by atoms with E-state index >= 15 is 0 Å². The topological polar surface area (TPSA) is 207 Å². The van der Waals surface area contributed by atoms with E-state index < -0.39 is 23.8 Å². The zero-order chi connectivity index (χ0) is 11.7. The summed E-state index contributed by atoms with van der Waals surface area (Å²) in [6.07, 6.45) is 0. The Hall–Kier alpha value is -1.03. The fourth-order valence-electron chi connectivity index (χ4n) is 0. The van der Waals surface area contributed by atoms with Crippen LogP contribution in [-0.2, 0) is 38.3 Å². The van der Waals surface area contributed by atoms with Crippen molar-refractivity contribution in [2.45, 2.75) is 0 Å². The molecule has 12 nitrogen and oxygen atoms in total. The molecule has 0 aliphatic carbocycles. The molecule has 0 saturated carbocycles. The van der Waals surface area contributed by atoms with Gasteiger partial charge in [-0.2, -0.15) is 0 Å². The Bertz CT molecular complexity index is 213. The van der Waals surface area contributed by atoms with E-state index in [9.17, 15) is 0 Å². The van der Waals surface area contributed by atoms with Crippen LogP contribution in [0.1, 0.15) is 0 Å². The van der Waals surface area contributed by atoms with E-state index in [1.807, 2.05) is 0 Å². The molecule has 0 fully saturated rings. The van der Waals surface area contributed by atoms with Crippen LogP contribution in [0.2, 0.25) is 0 Å². The van der Waals surface area contributed by atoms with E-state index in [1.165, 1.54) is 0 Å². The van der Waals surface area contributed by atoms with Gasteiger partial charge in [0.05, 0.1) is 10.2 Å². The number of hydrogen-bond donors (Lipinski definition) is 2. The van der Waals surface area contributed by atoms with Gasteiger partial charge in [-0.1, -0.05) is 0 Å². The van der Waals surface area contributed by atoms with Crippen LogP contribution in [0.15, 0.2) is 0 Å². The molecule has 0 aromatic heterocycles. The third-order valence-electron chi connectivity index (χ3n) is 0. The first kappa shape index (κ1) is 23.1. The first-order valence-electron chi connectivity index (χ1n) is 1.79. The molecular formula is H2CrCuN2O10. The molecule has 0 aliphatic heterocycles. The van der Waals surface area contributed by atoms with Crippen LogP contribution in [0.4, 0.5) is 0 Å². The first-order valence-corrected chi connectivity index (χ1v) is 3.98. The maximum absolute atomic E-state index is 8.82. The molecule has 0 rings (SSSR count). The van der Waals surface area contributed by atoms with Crippen LogP contribution in [-0.4, -0.2) is 18.5 Å². The van der Waals surface area contributed by atoms with Crippen molar-refractivity contribution in [2.24, 2.45) is 0 Å². The SMILES string of the molecule is O=[N+]([O-])[O-].O=[N+]([O-])[O-].[Cu+2].[O]=[Cr](=[O])([OH])[OH]. The average molecular weight is 306 g/mol. The maximum atomic E-state index is 8.82. The van der Waals surface area contributed by atoms with Gasteiger partial charge in [0.25, 0.3) is 0 Å². The molecule has 0 aromatic rings. The summed E-state index contributed by atoms with van der Waals surface area (Å²) in [5.74, 6) is 0. The molecule has 0 amide bonds. The molecule has 0 aromatic carbocycles.